The van der Waals surface area contributed by atoms with Gasteiger partial charge in [-0.1, -0.05) is 36.8 Å². The maximum Gasteiger partial charge on any atom is 0.307 e. The molecule has 1 aromatic rings. The first-order valence-corrected chi connectivity index (χ1v) is 7.77. The SMILES string of the molecule is COC(=O)CC(NC(=O)C[C@@H]1CCC[C@H]1N)c1ccccc1.Cl. The topological polar surface area (TPSA) is 81.4 Å². The second-order valence-electron chi connectivity index (χ2n) is 5.87. The van der Waals surface area contributed by atoms with Gasteiger partial charge in [0, 0.05) is 12.5 Å². The van der Waals surface area contributed by atoms with Crippen molar-refractivity contribution in [1.29, 1.82) is 0 Å². The molecule has 1 fully saturated rings. The quantitative estimate of drug-likeness (QED) is 0.779. The van der Waals surface area contributed by atoms with Crippen LogP contribution in [0.15, 0.2) is 30.3 Å². The molecule has 1 aliphatic carbocycles. The van der Waals surface area contributed by atoms with Crippen LogP contribution >= 0.6 is 12.4 Å². The molecule has 128 valence electrons. The molecule has 0 bridgehead atoms. The summed E-state index contributed by atoms with van der Waals surface area (Å²) >= 11 is 0. The fourth-order valence-electron chi connectivity index (χ4n) is 3.00. The van der Waals surface area contributed by atoms with Crippen LogP contribution in [0.5, 0.6) is 0 Å². The normalized spacial score (nSPS) is 21.1. The molecule has 0 spiro atoms. The smallest absolute Gasteiger partial charge is 0.307 e. The number of amides is 1. The van der Waals surface area contributed by atoms with Gasteiger partial charge in [-0.3, -0.25) is 9.59 Å². The first kappa shape index (κ1) is 19.5. The zero-order chi connectivity index (χ0) is 15.9. The van der Waals surface area contributed by atoms with Gasteiger partial charge in [-0.2, -0.15) is 0 Å². The average molecular weight is 341 g/mol. The molecule has 0 heterocycles. The molecule has 2 rings (SSSR count). The Bertz CT molecular complexity index is 510. The lowest BCUT2D eigenvalue weighted by Crippen LogP contribution is -2.34. The Hall–Kier alpha value is -1.59. The molecule has 1 amide bonds. The predicted molar refractivity (Wildman–Crippen MR) is 91.1 cm³/mol. The molecule has 1 unspecified atom stereocenters. The Kier molecular flexibility index (Phi) is 8.06. The van der Waals surface area contributed by atoms with E-state index in [0.717, 1.165) is 24.8 Å². The Morgan fingerprint density at radius 1 is 1.30 bits per heavy atom. The molecule has 0 aromatic heterocycles. The van der Waals surface area contributed by atoms with Crippen LogP contribution in [0.4, 0.5) is 0 Å². The number of carbonyl (C=O) groups is 2. The number of carbonyl (C=O) groups excluding carboxylic acids is 2. The van der Waals surface area contributed by atoms with Gasteiger partial charge in [-0.25, -0.2) is 0 Å². The van der Waals surface area contributed by atoms with Crippen LogP contribution < -0.4 is 11.1 Å². The largest absolute Gasteiger partial charge is 0.469 e. The molecule has 23 heavy (non-hydrogen) atoms. The number of hydrogen-bond acceptors (Lipinski definition) is 4. The fourth-order valence-corrected chi connectivity index (χ4v) is 3.00. The van der Waals surface area contributed by atoms with Crippen LogP contribution in [0.3, 0.4) is 0 Å². The van der Waals surface area contributed by atoms with Crippen molar-refractivity contribution in [1.82, 2.24) is 5.32 Å². The lowest BCUT2D eigenvalue weighted by molar-refractivity contribution is -0.141. The van der Waals surface area contributed by atoms with E-state index >= 15 is 0 Å². The van der Waals surface area contributed by atoms with Crippen molar-refractivity contribution in [3.05, 3.63) is 35.9 Å². The van der Waals surface area contributed by atoms with Gasteiger partial charge in [0.25, 0.3) is 0 Å². The van der Waals surface area contributed by atoms with E-state index in [-0.39, 0.29) is 48.7 Å². The number of esters is 1. The summed E-state index contributed by atoms with van der Waals surface area (Å²) in [6, 6.07) is 9.22. The molecule has 1 aromatic carbocycles. The number of nitrogens with one attached hydrogen (secondary N) is 1. The Balaban J connectivity index is 0.00000264. The highest BCUT2D eigenvalue weighted by molar-refractivity contribution is 5.85. The van der Waals surface area contributed by atoms with E-state index in [9.17, 15) is 9.59 Å². The van der Waals surface area contributed by atoms with Gasteiger partial charge in [0.1, 0.15) is 0 Å². The van der Waals surface area contributed by atoms with Gasteiger partial charge < -0.3 is 15.8 Å². The summed E-state index contributed by atoms with van der Waals surface area (Å²) in [5.74, 6) is -0.152. The standard InChI is InChI=1S/C17H24N2O3.ClH/c1-22-17(21)11-15(12-6-3-2-4-7-12)19-16(20)10-13-8-5-9-14(13)18;/h2-4,6-7,13-15H,5,8-11,18H2,1H3,(H,19,20);1H/t13-,14+,15?;/m0./s1. The van der Waals surface area contributed by atoms with Gasteiger partial charge in [-0.15, -0.1) is 12.4 Å². The van der Waals surface area contributed by atoms with Crippen LogP contribution in [0.25, 0.3) is 0 Å². The Labute approximate surface area is 143 Å². The average Bonchev–Trinajstić information content (AvgIpc) is 2.92. The molecule has 0 aliphatic heterocycles. The number of ether oxygens (including phenoxy) is 1. The minimum Gasteiger partial charge on any atom is -0.469 e. The van der Waals surface area contributed by atoms with Crippen molar-refractivity contribution in [2.75, 3.05) is 7.11 Å². The summed E-state index contributed by atoms with van der Waals surface area (Å²) in [5, 5.41) is 2.95. The number of nitrogens with two attached hydrogens (primary N) is 1. The second-order valence-corrected chi connectivity index (χ2v) is 5.87. The van der Waals surface area contributed by atoms with E-state index in [2.05, 4.69) is 5.32 Å². The number of halogens is 1. The van der Waals surface area contributed by atoms with Crippen molar-refractivity contribution in [3.63, 3.8) is 0 Å². The second kappa shape index (κ2) is 9.53. The number of hydrogen-bond donors (Lipinski definition) is 2. The van der Waals surface area contributed by atoms with E-state index in [4.69, 9.17) is 10.5 Å². The molecular formula is C17H25ClN2O3. The monoisotopic (exact) mass is 340 g/mol. The third-order valence-corrected chi connectivity index (χ3v) is 4.30. The molecule has 3 atom stereocenters. The highest BCUT2D eigenvalue weighted by Gasteiger charge is 2.27. The maximum atomic E-state index is 12.3. The van der Waals surface area contributed by atoms with Gasteiger partial charge in [-0.05, 0) is 24.3 Å². The van der Waals surface area contributed by atoms with Crippen molar-refractivity contribution in [2.45, 2.75) is 44.2 Å². The molecule has 3 N–H and O–H groups in total. The Morgan fingerprint density at radius 2 is 2.00 bits per heavy atom. The predicted octanol–water partition coefficient (Wildman–Crippen LogP) is 2.35. The van der Waals surface area contributed by atoms with Crippen molar-refractivity contribution >= 4 is 24.3 Å². The van der Waals surface area contributed by atoms with E-state index < -0.39 is 0 Å². The van der Waals surface area contributed by atoms with Crippen LogP contribution in [0.2, 0.25) is 0 Å². The highest BCUT2D eigenvalue weighted by atomic mass is 35.5. The lowest BCUT2D eigenvalue weighted by atomic mass is 9.98. The summed E-state index contributed by atoms with van der Waals surface area (Å²) in [7, 11) is 1.35. The fraction of sp³-hybridized carbons (Fsp3) is 0.529. The number of methoxy groups -OCH3 is 1. The zero-order valence-electron chi connectivity index (χ0n) is 13.4. The summed E-state index contributed by atoms with van der Waals surface area (Å²) in [6.45, 7) is 0. The summed E-state index contributed by atoms with van der Waals surface area (Å²) in [6.07, 6.45) is 3.63. The number of rotatable bonds is 6. The van der Waals surface area contributed by atoms with Gasteiger partial charge in [0.15, 0.2) is 0 Å². The third-order valence-electron chi connectivity index (χ3n) is 4.30. The van der Waals surface area contributed by atoms with Crippen LogP contribution in [0, 0.1) is 5.92 Å². The third kappa shape index (κ3) is 5.84. The summed E-state index contributed by atoms with van der Waals surface area (Å²) in [5.41, 5.74) is 6.92. The first-order valence-electron chi connectivity index (χ1n) is 7.77. The minimum absolute atomic E-state index is 0. The van der Waals surface area contributed by atoms with Crippen LogP contribution in [0.1, 0.15) is 43.7 Å². The van der Waals surface area contributed by atoms with E-state index in [0.29, 0.717) is 6.42 Å². The summed E-state index contributed by atoms with van der Waals surface area (Å²) < 4.78 is 4.72. The van der Waals surface area contributed by atoms with Crippen molar-refractivity contribution in [2.24, 2.45) is 11.7 Å². The molecule has 0 saturated heterocycles. The molecule has 5 nitrogen and oxygen atoms in total. The number of benzene rings is 1. The molecule has 6 heteroatoms. The molecule has 1 aliphatic rings. The lowest BCUT2D eigenvalue weighted by Gasteiger charge is -2.20. The maximum absolute atomic E-state index is 12.3. The van der Waals surface area contributed by atoms with Crippen molar-refractivity contribution < 1.29 is 14.3 Å². The van der Waals surface area contributed by atoms with Crippen molar-refractivity contribution in [3.8, 4) is 0 Å². The first-order chi connectivity index (χ1) is 10.6. The van der Waals surface area contributed by atoms with E-state index in [1.54, 1.807) is 0 Å². The van der Waals surface area contributed by atoms with Gasteiger partial charge in [0.05, 0.1) is 19.6 Å². The van der Waals surface area contributed by atoms with Gasteiger partial charge in [0.2, 0.25) is 5.91 Å². The summed E-state index contributed by atoms with van der Waals surface area (Å²) in [4.78, 5) is 23.9. The minimum atomic E-state index is -0.362. The molecule has 1 saturated carbocycles. The molecule has 0 radical (unpaired) electrons. The van der Waals surface area contributed by atoms with Gasteiger partial charge >= 0.3 is 5.97 Å². The zero-order valence-corrected chi connectivity index (χ0v) is 14.2. The van der Waals surface area contributed by atoms with Crippen LogP contribution in [-0.4, -0.2) is 25.0 Å². The van der Waals surface area contributed by atoms with E-state index in [1.807, 2.05) is 30.3 Å². The Morgan fingerprint density at radius 3 is 2.57 bits per heavy atom. The molecular weight excluding hydrogens is 316 g/mol. The highest BCUT2D eigenvalue weighted by Crippen LogP contribution is 2.27. The van der Waals surface area contributed by atoms with Crippen LogP contribution in [-0.2, 0) is 14.3 Å². The van der Waals surface area contributed by atoms with E-state index in [1.165, 1.54) is 7.11 Å².